The third-order valence-corrected chi connectivity index (χ3v) is 4.28. The fraction of sp³-hybridized carbons (Fsp3) is 0.385. The molecular weight excluding hydrogens is 296 g/mol. The van der Waals surface area contributed by atoms with Gasteiger partial charge < -0.3 is 10.2 Å². The van der Waals surface area contributed by atoms with Crippen LogP contribution in [0.15, 0.2) is 16.6 Å². The summed E-state index contributed by atoms with van der Waals surface area (Å²) >= 11 is 3.51. The van der Waals surface area contributed by atoms with Crippen LogP contribution in [-0.2, 0) is 9.59 Å². The van der Waals surface area contributed by atoms with E-state index in [1.165, 1.54) is 0 Å². The lowest BCUT2D eigenvalue weighted by Gasteiger charge is -2.21. The Morgan fingerprint density at radius 1 is 1.22 bits per heavy atom. The highest BCUT2D eigenvalue weighted by atomic mass is 79.9. The summed E-state index contributed by atoms with van der Waals surface area (Å²) in [4.78, 5) is 24.9. The highest BCUT2D eigenvalue weighted by Gasteiger charge is 2.22. The first-order valence-corrected chi connectivity index (χ1v) is 6.62. The summed E-state index contributed by atoms with van der Waals surface area (Å²) in [5, 5.41) is 2.60. The van der Waals surface area contributed by atoms with Gasteiger partial charge in [0, 0.05) is 23.1 Å². The number of halogens is 1. The fourth-order valence-corrected chi connectivity index (χ4v) is 2.28. The number of nitrogens with zero attached hydrogens (tertiary/aromatic N) is 1. The maximum absolute atomic E-state index is 12.0. The van der Waals surface area contributed by atoms with Crippen LogP contribution in [0.4, 0.5) is 5.69 Å². The summed E-state index contributed by atoms with van der Waals surface area (Å²) in [6, 6.07) is 3.93. The Kier molecular flexibility index (Phi) is 3.71. The van der Waals surface area contributed by atoms with E-state index in [9.17, 15) is 9.59 Å². The third-order valence-electron chi connectivity index (χ3n) is 3.03. The Morgan fingerprint density at radius 3 is 2.44 bits per heavy atom. The van der Waals surface area contributed by atoms with Gasteiger partial charge >= 0.3 is 0 Å². The van der Waals surface area contributed by atoms with E-state index < -0.39 is 0 Å². The molecule has 2 amide bonds. The first-order valence-electron chi connectivity index (χ1n) is 5.83. The molecular formula is C13H15BrN2O2. The zero-order valence-corrected chi connectivity index (χ0v) is 12.0. The average Bonchev–Trinajstić information content (AvgIpc) is 2.48. The molecule has 1 aromatic carbocycles. The number of aryl methyl sites for hydroxylation is 2. The van der Waals surface area contributed by atoms with Gasteiger partial charge in [0.15, 0.2) is 0 Å². The maximum atomic E-state index is 12.0. The molecule has 1 heterocycles. The van der Waals surface area contributed by atoms with E-state index in [0.29, 0.717) is 13.0 Å². The van der Waals surface area contributed by atoms with Gasteiger partial charge in [-0.15, -0.1) is 0 Å². The predicted molar refractivity (Wildman–Crippen MR) is 73.6 cm³/mol. The number of amides is 2. The molecule has 1 aliphatic heterocycles. The van der Waals surface area contributed by atoms with E-state index in [0.717, 1.165) is 21.3 Å². The second kappa shape index (κ2) is 5.10. The Balaban J connectivity index is 2.35. The van der Waals surface area contributed by atoms with Gasteiger partial charge in [0.05, 0.1) is 6.54 Å². The lowest BCUT2D eigenvalue weighted by Crippen LogP contribution is -2.35. The lowest BCUT2D eigenvalue weighted by atomic mass is 10.1. The van der Waals surface area contributed by atoms with Crippen LogP contribution in [0.5, 0.6) is 0 Å². The van der Waals surface area contributed by atoms with Crippen molar-refractivity contribution in [3.05, 3.63) is 27.7 Å². The van der Waals surface area contributed by atoms with Crippen molar-refractivity contribution in [3.63, 3.8) is 0 Å². The van der Waals surface area contributed by atoms with E-state index in [4.69, 9.17) is 0 Å². The largest absolute Gasteiger partial charge is 0.347 e. The Hall–Kier alpha value is -1.36. The molecule has 4 nitrogen and oxygen atoms in total. The van der Waals surface area contributed by atoms with Gasteiger partial charge in [0.25, 0.3) is 0 Å². The summed E-state index contributed by atoms with van der Waals surface area (Å²) in [7, 11) is 0. The second-order valence-electron chi connectivity index (χ2n) is 4.47. The third kappa shape index (κ3) is 2.56. The van der Waals surface area contributed by atoms with Gasteiger partial charge in [-0.3, -0.25) is 9.59 Å². The Labute approximate surface area is 114 Å². The van der Waals surface area contributed by atoms with Crippen molar-refractivity contribution in [3.8, 4) is 0 Å². The molecule has 0 unspecified atom stereocenters. The van der Waals surface area contributed by atoms with Crippen molar-refractivity contribution >= 4 is 33.4 Å². The van der Waals surface area contributed by atoms with Crippen LogP contribution >= 0.6 is 15.9 Å². The molecule has 0 radical (unpaired) electrons. The van der Waals surface area contributed by atoms with Crippen molar-refractivity contribution in [1.29, 1.82) is 0 Å². The number of nitrogens with one attached hydrogen (secondary N) is 1. The zero-order valence-electron chi connectivity index (χ0n) is 10.4. The van der Waals surface area contributed by atoms with Crippen LogP contribution in [-0.4, -0.2) is 24.9 Å². The SMILES string of the molecule is Cc1cc(N2CCC(=O)NCC2=O)cc(C)c1Br. The molecule has 0 spiro atoms. The topological polar surface area (TPSA) is 49.4 Å². The van der Waals surface area contributed by atoms with Crippen LogP contribution in [0.25, 0.3) is 0 Å². The van der Waals surface area contributed by atoms with Crippen molar-refractivity contribution in [2.45, 2.75) is 20.3 Å². The molecule has 1 aliphatic rings. The molecule has 0 saturated carbocycles. The van der Waals surface area contributed by atoms with Gasteiger partial charge in [-0.2, -0.15) is 0 Å². The molecule has 0 aromatic heterocycles. The molecule has 0 atom stereocenters. The van der Waals surface area contributed by atoms with Gasteiger partial charge in [-0.25, -0.2) is 0 Å². The number of anilines is 1. The van der Waals surface area contributed by atoms with Crippen LogP contribution in [0.3, 0.4) is 0 Å². The van der Waals surface area contributed by atoms with Crippen molar-refractivity contribution < 1.29 is 9.59 Å². The van der Waals surface area contributed by atoms with E-state index in [2.05, 4.69) is 21.2 Å². The summed E-state index contributed by atoms with van der Waals surface area (Å²) in [5.41, 5.74) is 3.03. The second-order valence-corrected chi connectivity index (χ2v) is 5.26. The summed E-state index contributed by atoms with van der Waals surface area (Å²) in [5.74, 6) is -0.140. The van der Waals surface area contributed by atoms with Crippen LogP contribution in [0.1, 0.15) is 17.5 Å². The summed E-state index contributed by atoms with van der Waals surface area (Å²) < 4.78 is 1.06. The van der Waals surface area contributed by atoms with E-state index in [1.807, 2.05) is 26.0 Å². The Morgan fingerprint density at radius 2 is 1.83 bits per heavy atom. The number of hydrogen-bond donors (Lipinski definition) is 1. The minimum atomic E-state index is -0.0728. The molecule has 1 fully saturated rings. The molecule has 1 saturated heterocycles. The fourth-order valence-electron chi connectivity index (χ4n) is 2.05. The number of benzene rings is 1. The van der Waals surface area contributed by atoms with Gasteiger partial charge in [0.2, 0.25) is 11.8 Å². The molecule has 18 heavy (non-hydrogen) atoms. The quantitative estimate of drug-likeness (QED) is 0.861. The van der Waals surface area contributed by atoms with Crippen LogP contribution < -0.4 is 10.2 Å². The zero-order chi connectivity index (χ0) is 13.3. The average molecular weight is 311 g/mol. The van der Waals surface area contributed by atoms with E-state index >= 15 is 0 Å². The summed E-state index contributed by atoms with van der Waals surface area (Å²) in [6.45, 7) is 4.50. The number of carbonyl (C=O) groups excluding carboxylic acids is 2. The van der Waals surface area contributed by atoms with Crippen molar-refractivity contribution in [2.24, 2.45) is 0 Å². The first kappa shape index (κ1) is 13.1. The van der Waals surface area contributed by atoms with Crippen molar-refractivity contribution in [2.75, 3.05) is 18.0 Å². The monoisotopic (exact) mass is 310 g/mol. The van der Waals surface area contributed by atoms with E-state index in [1.54, 1.807) is 4.90 Å². The maximum Gasteiger partial charge on any atom is 0.246 e. The highest BCUT2D eigenvalue weighted by Crippen LogP contribution is 2.27. The molecule has 96 valence electrons. The molecule has 0 bridgehead atoms. The molecule has 1 N–H and O–H groups in total. The van der Waals surface area contributed by atoms with Crippen LogP contribution in [0, 0.1) is 13.8 Å². The van der Waals surface area contributed by atoms with Gasteiger partial charge in [-0.05, 0) is 37.1 Å². The van der Waals surface area contributed by atoms with Crippen LogP contribution in [0.2, 0.25) is 0 Å². The minimum Gasteiger partial charge on any atom is -0.347 e. The normalized spacial score (nSPS) is 16.5. The van der Waals surface area contributed by atoms with E-state index in [-0.39, 0.29) is 18.4 Å². The van der Waals surface area contributed by atoms with Crippen molar-refractivity contribution in [1.82, 2.24) is 5.32 Å². The number of carbonyl (C=O) groups is 2. The van der Waals surface area contributed by atoms with Gasteiger partial charge in [-0.1, -0.05) is 15.9 Å². The lowest BCUT2D eigenvalue weighted by molar-refractivity contribution is -0.123. The standard InChI is InChI=1S/C13H15BrN2O2/c1-8-5-10(6-9(2)13(8)14)16-4-3-11(17)15-7-12(16)18/h5-6H,3-4,7H2,1-2H3,(H,15,17). The Bertz CT molecular complexity index is 491. The molecule has 5 heteroatoms. The molecule has 1 aromatic rings. The summed E-state index contributed by atoms with van der Waals surface area (Å²) in [6.07, 6.45) is 0.347. The molecule has 2 rings (SSSR count). The van der Waals surface area contributed by atoms with Gasteiger partial charge in [0.1, 0.15) is 0 Å². The predicted octanol–water partition coefficient (Wildman–Crippen LogP) is 1.92. The molecule has 0 aliphatic carbocycles. The number of hydrogen-bond acceptors (Lipinski definition) is 2. The minimum absolute atomic E-state index is 0.0676. The first-order chi connectivity index (χ1) is 8.49. The smallest absolute Gasteiger partial charge is 0.246 e. The highest BCUT2D eigenvalue weighted by molar-refractivity contribution is 9.10. The number of rotatable bonds is 1.